The average molecular weight is 351 g/mol. The van der Waals surface area contributed by atoms with Crippen molar-refractivity contribution in [3.63, 3.8) is 0 Å². The largest absolute Gasteiger partial charge is 0.273 e. The maximum atomic E-state index is 11.9. The van der Waals surface area contributed by atoms with Gasteiger partial charge in [0, 0.05) is 11.4 Å². The van der Waals surface area contributed by atoms with Crippen LogP contribution in [0.4, 0.5) is 0 Å². The van der Waals surface area contributed by atoms with E-state index in [-0.39, 0.29) is 5.91 Å². The summed E-state index contributed by atoms with van der Waals surface area (Å²) in [5.41, 5.74) is 4.55. The first-order valence-corrected chi connectivity index (χ1v) is 9.66. The van der Waals surface area contributed by atoms with Crippen molar-refractivity contribution < 1.29 is 4.79 Å². The van der Waals surface area contributed by atoms with Crippen LogP contribution in [0.1, 0.15) is 83.6 Å². The van der Waals surface area contributed by atoms with E-state index >= 15 is 0 Å². The number of benzene rings is 1. The van der Waals surface area contributed by atoms with Crippen LogP contribution in [-0.2, 0) is 4.79 Å². The average Bonchev–Trinajstić information content (AvgIpc) is 2.59. The molecule has 0 heterocycles. The molecule has 1 aromatic carbocycles. The zero-order valence-corrected chi connectivity index (χ0v) is 15.9. The molecule has 0 spiro atoms. The Bertz CT molecular complexity index is 497. The lowest BCUT2D eigenvalue weighted by Gasteiger charge is -2.06. The summed E-state index contributed by atoms with van der Waals surface area (Å²) in [4.78, 5) is 11.9. The zero-order valence-electron chi connectivity index (χ0n) is 15.1. The van der Waals surface area contributed by atoms with Gasteiger partial charge in [0.25, 0.3) is 0 Å². The number of halogens is 1. The SMILES string of the molecule is CCCCCCCCCCC(=O)N/N=C(\CC)c1ccc(Cl)cc1. The van der Waals surface area contributed by atoms with E-state index in [0.717, 1.165) is 30.5 Å². The number of amides is 1. The molecule has 24 heavy (non-hydrogen) atoms. The van der Waals surface area contributed by atoms with Crippen LogP contribution < -0.4 is 5.43 Å². The predicted octanol–water partition coefficient (Wildman–Crippen LogP) is 6.10. The second-order valence-corrected chi connectivity index (χ2v) is 6.62. The van der Waals surface area contributed by atoms with Gasteiger partial charge in [-0.3, -0.25) is 4.79 Å². The summed E-state index contributed by atoms with van der Waals surface area (Å²) in [6.07, 6.45) is 11.2. The summed E-state index contributed by atoms with van der Waals surface area (Å²) in [7, 11) is 0. The standard InChI is InChI=1S/C20H31ClN2O/c1-3-5-6-7-8-9-10-11-12-20(24)23-22-19(4-2)17-13-15-18(21)16-14-17/h13-16H,3-12H2,1-2H3,(H,23,24)/b22-19+. The Hall–Kier alpha value is -1.35. The molecule has 0 aliphatic carbocycles. The predicted molar refractivity (Wildman–Crippen MR) is 104 cm³/mol. The van der Waals surface area contributed by atoms with Gasteiger partial charge in [0.1, 0.15) is 0 Å². The Kier molecular flexibility index (Phi) is 11.2. The number of nitrogens with one attached hydrogen (secondary N) is 1. The molecule has 0 fully saturated rings. The van der Waals surface area contributed by atoms with Gasteiger partial charge in [-0.25, -0.2) is 5.43 Å². The number of hydrogen-bond donors (Lipinski definition) is 1. The Morgan fingerprint density at radius 2 is 1.54 bits per heavy atom. The van der Waals surface area contributed by atoms with Crippen molar-refractivity contribution >= 4 is 23.2 Å². The van der Waals surface area contributed by atoms with Crippen molar-refractivity contribution in [3.05, 3.63) is 34.9 Å². The van der Waals surface area contributed by atoms with E-state index in [4.69, 9.17) is 11.6 Å². The first-order valence-electron chi connectivity index (χ1n) is 9.28. The van der Waals surface area contributed by atoms with Gasteiger partial charge in [-0.2, -0.15) is 5.10 Å². The first kappa shape index (κ1) is 20.7. The maximum Gasteiger partial charge on any atom is 0.240 e. The highest BCUT2D eigenvalue weighted by Gasteiger charge is 2.04. The third-order valence-electron chi connectivity index (χ3n) is 4.09. The number of carbonyl (C=O) groups excluding carboxylic acids is 1. The summed E-state index contributed by atoms with van der Waals surface area (Å²) in [6, 6.07) is 7.53. The number of hydrazone groups is 1. The minimum Gasteiger partial charge on any atom is -0.273 e. The van der Waals surface area contributed by atoms with Gasteiger partial charge < -0.3 is 0 Å². The molecule has 0 atom stereocenters. The summed E-state index contributed by atoms with van der Waals surface area (Å²) in [5.74, 6) is 0.000830. The molecular weight excluding hydrogens is 320 g/mol. The van der Waals surface area contributed by atoms with Crippen molar-refractivity contribution in [1.29, 1.82) is 0 Å². The second kappa shape index (κ2) is 13.0. The number of rotatable bonds is 12. The molecule has 0 unspecified atom stereocenters. The summed E-state index contributed by atoms with van der Waals surface area (Å²) in [5, 5.41) is 4.97. The number of unbranched alkanes of at least 4 members (excludes halogenated alkanes) is 7. The molecule has 4 heteroatoms. The molecule has 0 aliphatic heterocycles. The highest BCUT2D eigenvalue weighted by atomic mass is 35.5. The molecule has 1 N–H and O–H groups in total. The summed E-state index contributed by atoms with van der Waals surface area (Å²) < 4.78 is 0. The van der Waals surface area contributed by atoms with E-state index in [9.17, 15) is 4.79 Å². The van der Waals surface area contributed by atoms with Crippen molar-refractivity contribution in [2.45, 2.75) is 78.1 Å². The van der Waals surface area contributed by atoms with Crippen molar-refractivity contribution in [2.75, 3.05) is 0 Å². The van der Waals surface area contributed by atoms with Crippen LogP contribution >= 0.6 is 11.6 Å². The van der Waals surface area contributed by atoms with E-state index in [2.05, 4.69) is 17.5 Å². The van der Waals surface area contributed by atoms with Crippen LogP contribution in [0.5, 0.6) is 0 Å². The van der Waals surface area contributed by atoms with E-state index in [1.165, 1.54) is 38.5 Å². The van der Waals surface area contributed by atoms with Crippen LogP contribution in [0, 0.1) is 0 Å². The van der Waals surface area contributed by atoms with Crippen molar-refractivity contribution in [3.8, 4) is 0 Å². The maximum absolute atomic E-state index is 11.9. The molecule has 0 bridgehead atoms. The van der Waals surface area contributed by atoms with E-state index in [1.807, 2.05) is 31.2 Å². The van der Waals surface area contributed by atoms with Crippen LogP contribution in [0.3, 0.4) is 0 Å². The highest BCUT2D eigenvalue weighted by molar-refractivity contribution is 6.30. The van der Waals surface area contributed by atoms with Crippen molar-refractivity contribution in [2.24, 2.45) is 5.10 Å². The Morgan fingerprint density at radius 3 is 2.12 bits per heavy atom. The van der Waals surface area contributed by atoms with Gasteiger partial charge in [-0.05, 0) is 30.5 Å². The number of nitrogens with zero attached hydrogens (tertiary/aromatic N) is 1. The van der Waals surface area contributed by atoms with Gasteiger partial charge in [0.05, 0.1) is 5.71 Å². The topological polar surface area (TPSA) is 41.5 Å². The fraction of sp³-hybridized carbons (Fsp3) is 0.600. The van der Waals surface area contributed by atoms with Gasteiger partial charge in [0.2, 0.25) is 5.91 Å². The molecule has 1 amide bonds. The minimum atomic E-state index is 0.000830. The molecule has 0 radical (unpaired) electrons. The lowest BCUT2D eigenvalue weighted by atomic mass is 10.1. The minimum absolute atomic E-state index is 0.000830. The first-order chi connectivity index (χ1) is 11.7. The Labute approximate surface area is 151 Å². The number of carbonyl (C=O) groups is 1. The van der Waals surface area contributed by atoms with Crippen LogP contribution in [0.25, 0.3) is 0 Å². The van der Waals surface area contributed by atoms with Gasteiger partial charge in [-0.15, -0.1) is 0 Å². The van der Waals surface area contributed by atoms with E-state index in [1.54, 1.807) is 0 Å². The monoisotopic (exact) mass is 350 g/mol. The lowest BCUT2D eigenvalue weighted by molar-refractivity contribution is -0.121. The molecule has 3 nitrogen and oxygen atoms in total. The molecule has 0 aliphatic rings. The third kappa shape index (κ3) is 9.07. The molecule has 134 valence electrons. The summed E-state index contributed by atoms with van der Waals surface area (Å²) in [6.45, 7) is 4.26. The molecule has 1 aromatic rings. The van der Waals surface area contributed by atoms with Crippen molar-refractivity contribution in [1.82, 2.24) is 5.43 Å². The second-order valence-electron chi connectivity index (χ2n) is 6.18. The molecule has 0 saturated carbocycles. The van der Waals surface area contributed by atoms with Gasteiger partial charge >= 0.3 is 0 Å². The molecule has 0 saturated heterocycles. The molecular formula is C20H31ClN2O. The van der Waals surface area contributed by atoms with Crippen LogP contribution in [-0.4, -0.2) is 11.6 Å². The smallest absolute Gasteiger partial charge is 0.240 e. The summed E-state index contributed by atoms with van der Waals surface area (Å²) >= 11 is 5.90. The Balaban J connectivity index is 2.22. The van der Waals surface area contributed by atoms with Gasteiger partial charge in [0.15, 0.2) is 0 Å². The van der Waals surface area contributed by atoms with Crippen LogP contribution in [0.2, 0.25) is 5.02 Å². The normalized spacial score (nSPS) is 11.5. The molecule has 0 aromatic heterocycles. The fourth-order valence-electron chi connectivity index (χ4n) is 2.60. The zero-order chi connectivity index (χ0) is 17.6. The fourth-order valence-corrected chi connectivity index (χ4v) is 2.72. The lowest BCUT2D eigenvalue weighted by Crippen LogP contribution is -2.19. The quantitative estimate of drug-likeness (QED) is 0.276. The molecule has 1 rings (SSSR count). The highest BCUT2D eigenvalue weighted by Crippen LogP contribution is 2.12. The van der Waals surface area contributed by atoms with Crippen LogP contribution in [0.15, 0.2) is 29.4 Å². The number of hydrogen-bond acceptors (Lipinski definition) is 2. The van der Waals surface area contributed by atoms with Gasteiger partial charge in [-0.1, -0.05) is 82.5 Å². The van der Waals surface area contributed by atoms with E-state index < -0.39 is 0 Å². The van der Waals surface area contributed by atoms with E-state index in [0.29, 0.717) is 11.4 Å². The Morgan fingerprint density at radius 1 is 0.958 bits per heavy atom. The third-order valence-corrected chi connectivity index (χ3v) is 4.34.